The monoisotopic (exact) mass is 268 g/mol. The number of alkyl carbamates (subject to hydrolysis) is 1. The van der Waals surface area contributed by atoms with Crippen molar-refractivity contribution < 1.29 is 14.6 Å². The van der Waals surface area contributed by atoms with Gasteiger partial charge in [-0.05, 0) is 39.5 Å². The minimum atomic E-state index is -0.605. The van der Waals surface area contributed by atoms with E-state index < -0.39 is 17.8 Å². The van der Waals surface area contributed by atoms with E-state index in [-0.39, 0.29) is 12.5 Å². The van der Waals surface area contributed by atoms with Crippen LogP contribution >= 0.6 is 0 Å². The summed E-state index contributed by atoms with van der Waals surface area (Å²) in [5, 5.41) is 19.1. The van der Waals surface area contributed by atoms with Gasteiger partial charge in [0.25, 0.3) is 0 Å². The van der Waals surface area contributed by atoms with Gasteiger partial charge in [0.2, 0.25) is 0 Å². The third-order valence-electron chi connectivity index (χ3n) is 2.68. The van der Waals surface area contributed by atoms with Crippen LogP contribution in [0, 0.1) is 5.92 Å². The number of aromatic amines is 1. The zero-order valence-electron chi connectivity index (χ0n) is 11.4. The number of aliphatic hydroxyl groups excluding tert-OH is 1. The molecule has 0 saturated heterocycles. The third-order valence-corrected chi connectivity index (χ3v) is 2.68. The number of H-pyrrole nitrogens is 1. The second-order valence-corrected chi connectivity index (χ2v) is 5.78. The molecule has 1 saturated carbocycles. The van der Waals surface area contributed by atoms with Crippen molar-refractivity contribution in [3.8, 4) is 0 Å². The number of ether oxygens (including phenoxy) is 1. The number of aromatic nitrogens is 3. The van der Waals surface area contributed by atoms with Crippen LogP contribution in [0.2, 0.25) is 0 Å². The molecule has 1 aromatic rings. The molecule has 1 heterocycles. The number of rotatable bonds is 4. The predicted octanol–water partition coefficient (Wildman–Crippen LogP) is 1.27. The summed E-state index contributed by atoms with van der Waals surface area (Å²) in [6.45, 7) is 5.58. The van der Waals surface area contributed by atoms with Crippen LogP contribution in [0.1, 0.15) is 51.4 Å². The minimum Gasteiger partial charge on any atom is -0.444 e. The molecule has 1 amide bonds. The van der Waals surface area contributed by atoms with Gasteiger partial charge in [-0.2, -0.15) is 5.10 Å². The Morgan fingerprint density at radius 2 is 2.26 bits per heavy atom. The van der Waals surface area contributed by atoms with Crippen LogP contribution in [-0.4, -0.2) is 32.0 Å². The zero-order valence-corrected chi connectivity index (χ0v) is 11.4. The lowest BCUT2D eigenvalue weighted by Gasteiger charge is -2.19. The van der Waals surface area contributed by atoms with E-state index in [9.17, 15) is 9.90 Å². The fraction of sp³-hybridized carbons (Fsp3) is 0.750. The van der Waals surface area contributed by atoms with Crippen LogP contribution in [0.5, 0.6) is 0 Å². The number of amides is 1. The fourth-order valence-electron chi connectivity index (χ4n) is 1.61. The number of nitrogens with one attached hydrogen (secondary N) is 2. The normalized spacial score (nSPS) is 17.1. The van der Waals surface area contributed by atoms with Crippen molar-refractivity contribution in [1.82, 2.24) is 20.5 Å². The van der Waals surface area contributed by atoms with Gasteiger partial charge in [-0.1, -0.05) is 0 Å². The number of nitrogens with zero attached hydrogens (tertiary/aromatic N) is 2. The van der Waals surface area contributed by atoms with Gasteiger partial charge in [0, 0.05) is 0 Å². The molecule has 0 bridgehead atoms. The quantitative estimate of drug-likeness (QED) is 0.763. The molecule has 1 unspecified atom stereocenters. The van der Waals surface area contributed by atoms with Gasteiger partial charge >= 0.3 is 6.09 Å². The van der Waals surface area contributed by atoms with E-state index >= 15 is 0 Å². The molecular weight excluding hydrogens is 248 g/mol. The summed E-state index contributed by atoms with van der Waals surface area (Å²) >= 11 is 0. The highest BCUT2D eigenvalue weighted by atomic mass is 16.6. The lowest BCUT2D eigenvalue weighted by molar-refractivity contribution is 0.0522. The maximum atomic E-state index is 11.4. The van der Waals surface area contributed by atoms with Crippen molar-refractivity contribution in [1.29, 1.82) is 0 Å². The first-order valence-electron chi connectivity index (χ1n) is 6.41. The average Bonchev–Trinajstić information content (AvgIpc) is 3.02. The summed E-state index contributed by atoms with van der Waals surface area (Å²) < 4.78 is 5.10. The lowest BCUT2D eigenvalue weighted by Crippen LogP contribution is -2.32. The predicted molar refractivity (Wildman–Crippen MR) is 67.1 cm³/mol. The van der Waals surface area contributed by atoms with Crippen LogP contribution in [0.15, 0.2) is 0 Å². The van der Waals surface area contributed by atoms with E-state index in [2.05, 4.69) is 20.5 Å². The maximum Gasteiger partial charge on any atom is 0.408 e. The fourth-order valence-corrected chi connectivity index (χ4v) is 1.61. The molecule has 1 aliphatic rings. The van der Waals surface area contributed by atoms with Crippen LogP contribution in [0.4, 0.5) is 4.79 Å². The highest BCUT2D eigenvalue weighted by molar-refractivity contribution is 5.67. The number of carbonyl (C=O) groups excluding carboxylic acids is 1. The van der Waals surface area contributed by atoms with Crippen LogP contribution in [0.3, 0.4) is 0 Å². The Morgan fingerprint density at radius 3 is 2.84 bits per heavy atom. The largest absolute Gasteiger partial charge is 0.444 e. The molecule has 0 spiro atoms. The Kier molecular flexibility index (Phi) is 3.75. The molecule has 1 fully saturated rings. The van der Waals surface area contributed by atoms with E-state index in [1.807, 2.05) is 0 Å². The Hall–Kier alpha value is -1.63. The van der Waals surface area contributed by atoms with Gasteiger partial charge in [0.05, 0.1) is 6.54 Å². The molecule has 19 heavy (non-hydrogen) atoms. The van der Waals surface area contributed by atoms with Crippen molar-refractivity contribution in [3.05, 3.63) is 11.6 Å². The molecule has 0 aromatic carbocycles. The van der Waals surface area contributed by atoms with Gasteiger partial charge in [-0.25, -0.2) is 9.78 Å². The number of hydrogen-bond donors (Lipinski definition) is 3. The maximum absolute atomic E-state index is 11.4. The molecule has 0 aliphatic heterocycles. The first-order chi connectivity index (χ1) is 8.85. The Bertz CT molecular complexity index is 448. The summed E-state index contributed by atoms with van der Waals surface area (Å²) in [5.41, 5.74) is -0.529. The van der Waals surface area contributed by atoms with E-state index in [4.69, 9.17) is 4.74 Å². The Labute approximate surface area is 111 Å². The van der Waals surface area contributed by atoms with Gasteiger partial charge < -0.3 is 15.2 Å². The van der Waals surface area contributed by atoms with Crippen LogP contribution < -0.4 is 5.32 Å². The first-order valence-corrected chi connectivity index (χ1v) is 6.41. The minimum absolute atomic E-state index is 0.194. The van der Waals surface area contributed by atoms with Crippen molar-refractivity contribution in [2.24, 2.45) is 5.92 Å². The van der Waals surface area contributed by atoms with E-state index in [0.29, 0.717) is 11.6 Å². The van der Waals surface area contributed by atoms with Crippen molar-refractivity contribution in [3.63, 3.8) is 0 Å². The molecule has 7 nitrogen and oxygen atoms in total. The summed E-state index contributed by atoms with van der Waals surface area (Å²) in [4.78, 5) is 15.6. The van der Waals surface area contributed by atoms with Gasteiger partial charge in [-0.15, -0.1) is 0 Å². The number of aliphatic hydroxyl groups is 1. The van der Waals surface area contributed by atoms with Gasteiger partial charge in [0.15, 0.2) is 5.82 Å². The van der Waals surface area contributed by atoms with Crippen LogP contribution in [0.25, 0.3) is 0 Å². The average molecular weight is 268 g/mol. The molecule has 3 N–H and O–H groups in total. The highest BCUT2D eigenvalue weighted by Gasteiger charge is 2.33. The van der Waals surface area contributed by atoms with Gasteiger partial charge in [0.1, 0.15) is 17.5 Å². The topological polar surface area (TPSA) is 100 Å². The second kappa shape index (κ2) is 5.16. The molecule has 0 radical (unpaired) electrons. The molecule has 1 aliphatic carbocycles. The zero-order chi connectivity index (χ0) is 14.0. The molecular formula is C12H20N4O3. The standard InChI is InChI=1S/C12H20N4O3/c1-12(2,3)19-11(18)13-6-8-14-10(16-15-8)9(17)7-4-5-7/h7,9,17H,4-6H2,1-3H3,(H,13,18)(H,14,15,16). The molecule has 1 aromatic heterocycles. The summed E-state index contributed by atoms with van der Waals surface area (Å²) in [5.74, 6) is 1.17. The lowest BCUT2D eigenvalue weighted by atomic mass is 10.2. The molecule has 2 rings (SSSR count). The smallest absolute Gasteiger partial charge is 0.408 e. The van der Waals surface area contributed by atoms with Crippen LogP contribution in [-0.2, 0) is 11.3 Å². The summed E-state index contributed by atoms with van der Waals surface area (Å²) in [7, 11) is 0. The summed E-state index contributed by atoms with van der Waals surface area (Å²) in [6.07, 6.45) is 0.919. The number of carbonyl (C=O) groups is 1. The molecule has 1 atom stereocenters. The molecule has 7 heteroatoms. The van der Waals surface area contributed by atoms with E-state index in [1.165, 1.54) is 0 Å². The second-order valence-electron chi connectivity index (χ2n) is 5.78. The number of hydrogen-bond acceptors (Lipinski definition) is 5. The van der Waals surface area contributed by atoms with Crippen molar-refractivity contribution in [2.75, 3.05) is 0 Å². The Balaban J connectivity index is 1.81. The van der Waals surface area contributed by atoms with Crippen molar-refractivity contribution >= 4 is 6.09 Å². The van der Waals surface area contributed by atoms with E-state index in [1.54, 1.807) is 20.8 Å². The first kappa shape index (κ1) is 13.8. The SMILES string of the molecule is CC(C)(C)OC(=O)NCc1nc(C(O)C2CC2)n[nH]1. The molecule has 106 valence electrons. The third kappa shape index (κ3) is 4.20. The Morgan fingerprint density at radius 1 is 1.58 bits per heavy atom. The summed E-state index contributed by atoms with van der Waals surface area (Å²) in [6, 6.07) is 0. The van der Waals surface area contributed by atoms with Gasteiger partial charge in [-0.3, -0.25) is 5.10 Å². The highest BCUT2D eigenvalue weighted by Crippen LogP contribution is 2.39. The van der Waals surface area contributed by atoms with Crippen molar-refractivity contribution in [2.45, 2.75) is 51.9 Å². The van der Waals surface area contributed by atoms with E-state index in [0.717, 1.165) is 12.8 Å².